The number of rotatable bonds is 4. The molecule has 4 heteroatoms. The van der Waals surface area contributed by atoms with Crippen molar-refractivity contribution in [2.24, 2.45) is 0 Å². The van der Waals surface area contributed by atoms with Gasteiger partial charge in [0.25, 0.3) is 0 Å². The fraction of sp³-hybridized carbons (Fsp3) is 0.429. The molecular formula is C14H22O2Si2. The maximum Gasteiger partial charge on any atom is 0.150 e. The van der Waals surface area contributed by atoms with Gasteiger partial charge in [0.05, 0.1) is 16.1 Å². The Hall–Kier alpha value is -1.01. The molecule has 0 fully saturated rings. The highest BCUT2D eigenvalue weighted by molar-refractivity contribution is 6.99. The number of hydrogen-bond donors (Lipinski definition) is 0. The van der Waals surface area contributed by atoms with Crippen LogP contribution in [0.4, 0.5) is 0 Å². The Labute approximate surface area is 111 Å². The minimum absolute atomic E-state index is 0.532. The molecule has 1 aromatic rings. The molecule has 1 aromatic carbocycles. The van der Waals surface area contributed by atoms with Gasteiger partial charge in [0.15, 0.2) is 12.6 Å². The predicted molar refractivity (Wildman–Crippen MR) is 83.2 cm³/mol. The molecule has 0 atom stereocenters. The first-order valence-electron chi connectivity index (χ1n) is 6.21. The Kier molecular flexibility index (Phi) is 4.13. The van der Waals surface area contributed by atoms with Crippen molar-refractivity contribution in [3.8, 4) is 0 Å². The van der Waals surface area contributed by atoms with E-state index in [-0.39, 0.29) is 0 Å². The van der Waals surface area contributed by atoms with Crippen LogP contribution in [0.1, 0.15) is 20.7 Å². The Bertz CT molecular complexity index is 480. The Morgan fingerprint density at radius 3 is 1.72 bits per heavy atom. The normalized spacial score (nSPS) is 12.3. The number of carbonyl (C=O) groups is 2. The summed E-state index contributed by atoms with van der Waals surface area (Å²) in [6, 6.07) is 3.87. The van der Waals surface area contributed by atoms with Crippen LogP contribution in [0.15, 0.2) is 12.1 Å². The van der Waals surface area contributed by atoms with Gasteiger partial charge in [-0.1, -0.05) is 56.6 Å². The van der Waals surface area contributed by atoms with Crippen molar-refractivity contribution in [2.45, 2.75) is 39.3 Å². The molecule has 0 bridgehead atoms. The summed E-state index contributed by atoms with van der Waals surface area (Å²) in [7, 11) is -3.17. The van der Waals surface area contributed by atoms with Crippen molar-refractivity contribution in [2.75, 3.05) is 0 Å². The van der Waals surface area contributed by atoms with E-state index in [1.165, 1.54) is 10.4 Å². The average Bonchev–Trinajstić information content (AvgIpc) is 2.24. The van der Waals surface area contributed by atoms with Crippen molar-refractivity contribution >= 4 is 39.1 Å². The van der Waals surface area contributed by atoms with E-state index in [1.54, 1.807) is 6.07 Å². The van der Waals surface area contributed by atoms with Crippen LogP contribution in [0.2, 0.25) is 39.3 Å². The second-order valence-corrected chi connectivity index (χ2v) is 16.8. The van der Waals surface area contributed by atoms with Crippen LogP contribution in [0.25, 0.3) is 0 Å². The van der Waals surface area contributed by atoms with E-state index in [9.17, 15) is 9.59 Å². The molecule has 18 heavy (non-hydrogen) atoms. The van der Waals surface area contributed by atoms with Gasteiger partial charge in [-0.2, -0.15) is 0 Å². The zero-order chi connectivity index (χ0) is 14.1. The number of hydrogen-bond acceptors (Lipinski definition) is 2. The molecule has 2 nitrogen and oxygen atoms in total. The van der Waals surface area contributed by atoms with Gasteiger partial charge in [-0.3, -0.25) is 9.59 Å². The highest BCUT2D eigenvalue weighted by Crippen LogP contribution is 2.12. The smallest absolute Gasteiger partial charge is 0.150 e. The summed E-state index contributed by atoms with van der Waals surface area (Å²) in [5.74, 6) is 0. The first-order valence-corrected chi connectivity index (χ1v) is 13.2. The predicted octanol–water partition coefficient (Wildman–Crippen LogP) is 2.40. The van der Waals surface area contributed by atoms with Gasteiger partial charge in [0, 0.05) is 11.1 Å². The minimum Gasteiger partial charge on any atom is -0.298 e. The molecule has 0 aliphatic rings. The molecule has 0 aromatic heterocycles. The summed E-state index contributed by atoms with van der Waals surface area (Å²) >= 11 is 0. The summed E-state index contributed by atoms with van der Waals surface area (Å²) in [5.41, 5.74) is 1.16. The van der Waals surface area contributed by atoms with Crippen molar-refractivity contribution in [3.63, 3.8) is 0 Å². The summed E-state index contributed by atoms with van der Waals surface area (Å²) in [6.45, 7) is 13.5. The van der Waals surface area contributed by atoms with Crippen LogP contribution in [0.5, 0.6) is 0 Å². The van der Waals surface area contributed by atoms with Gasteiger partial charge in [-0.05, 0) is 5.19 Å². The quantitative estimate of drug-likeness (QED) is 0.626. The first-order chi connectivity index (χ1) is 8.12. The summed E-state index contributed by atoms with van der Waals surface area (Å²) in [5, 5.41) is 2.51. The Balaban J connectivity index is 3.77. The lowest BCUT2D eigenvalue weighted by molar-refractivity contribution is 0.109. The van der Waals surface area contributed by atoms with Crippen molar-refractivity contribution < 1.29 is 9.59 Å². The van der Waals surface area contributed by atoms with E-state index in [0.29, 0.717) is 11.1 Å². The van der Waals surface area contributed by atoms with Gasteiger partial charge in [0.2, 0.25) is 0 Å². The van der Waals surface area contributed by atoms with Gasteiger partial charge in [-0.15, -0.1) is 0 Å². The fourth-order valence-corrected chi connectivity index (χ4v) is 7.92. The lowest BCUT2D eigenvalue weighted by atomic mass is 10.1. The standard InChI is InChI=1S/C14H22O2Si2/c1-17(2,3)13-8-7-11(9-15)12(10-16)14(13)18(4,5)6/h7-10H,1-6H3. The molecule has 0 unspecified atom stereocenters. The summed E-state index contributed by atoms with van der Waals surface area (Å²) in [4.78, 5) is 22.5. The molecule has 0 N–H and O–H groups in total. The SMILES string of the molecule is C[Si](C)(C)c1ccc(C=O)c(C=O)c1[Si](C)(C)C. The van der Waals surface area contributed by atoms with Crippen LogP contribution >= 0.6 is 0 Å². The van der Waals surface area contributed by atoms with Gasteiger partial charge >= 0.3 is 0 Å². The number of carbonyl (C=O) groups excluding carboxylic acids is 2. The molecule has 98 valence electrons. The maximum absolute atomic E-state index is 11.4. The van der Waals surface area contributed by atoms with Crippen LogP contribution in [0.3, 0.4) is 0 Å². The molecular weight excluding hydrogens is 256 g/mol. The zero-order valence-corrected chi connectivity index (χ0v) is 14.1. The Morgan fingerprint density at radius 2 is 1.39 bits per heavy atom. The van der Waals surface area contributed by atoms with Gasteiger partial charge in [0.1, 0.15) is 0 Å². The van der Waals surface area contributed by atoms with E-state index < -0.39 is 16.1 Å². The topological polar surface area (TPSA) is 34.1 Å². The van der Waals surface area contributed by atoms with Crippen LogP contribution in [0, 0.1) is 0 Å². The van der Waals surface area contributed by atoms with Gasteiger partial charge < -0.3 is 0 Å². The molecule has 0 saturated heterocycles. The number of benzene rings is 1. The molecule has 0 saturated carbocycles. The lowest BCUT2D eigenvalue weighted by Crippen LogP contribution is -2.58. The number of aldehydes is 2. The summed E-state index contributed by atoms with van der Waals surface area (Å²) < 4.78 is 0. The molecule has 0 aliphatic carbocycles. The van der Waals surface area contributed by atoms with E-state index in [4.69, 9.17) is 0 Å². The third-order valence-corrected chi connectivity index (χ3v) is 7.40. The van der Waals surface area contributed by atoms with E-state index in [1.807, 2.05) is 0 Å². The first kappa shape index (κ1) is 15.1. The fourth-order valence-electron chi connectivity index (χ4n) is 2.30. The second kappa shape index (κ2) is 4.93. The monoisotopic (exact) mass is 278 g/mol. The molecule has 0 aliphatic heterocycles. The van der Waals surface area contributed by atoms with E-state index in [2.05, 4.69) is 45.3 Å². The van der Waals surface area contributed by atoms with E-state index >= 15 is 0 Å². The highest BCUT2D eigenvalue weighted by atomic mass is 28.3. The molecule has 0 spiro atoms. The van der Waals surface area contributed by atoms with Crippen molar-refractivity contribution in [1.82, 2.24) is 0 Å². The summed E-state index contributed by atoms with van der Waals surface area (Å²) in [6.07, 6.45) is 1.66. The van der Waals surface area contributed by atoms with Crippen LogP contribution < -0.4 is 10.4 Å². The second-order valence-electron chi connectivity index (χ2n) is 6.73. The van der Waals surface area contributed by atoms with Crippen molar-refractivity contribution in [1.29, 1.82) is 0 Å². The van der Waals surface area contributed by atoms with Gasteiger partial charge in [-0.25, -0.2) is 0 Å². The third-order valence-electron chi connectivity index (χ3n) is 3.08. The highest BCUT2D eigenvalue weighted by Gasteiger charge is 2.30. The van der Waals surface area contributed by atoms with Crippen molar-refractivity contribution in [3.05, 3.63) is 23.3 Å². The van der Waals surface area contributed by atoms with Crippen LogP contribution in [-0.2, 0) is 0 Å². The Morgan fingerprint density at radius 1 is 0.833 bits per heavy atom. The zero-order valence-electron chi connectivity index (χ0n) is 12.1. The lowest BCUT2D eigenvalue weighted by Gasteiger charge is -2.29. The molecule has 1 rings (SSSR count). The molecule has 0 heterocycles. The molecule has 0 amide bonds. The third kappa shape index (κ3) is 2.87. The van der Waals surface area contributed by atoms with E-state index in [0.717, 1.165) is 12.6 Å². The maximum atomic E-state index is 11.4. The average molecular weight is 278 g/mol. The molecule has 0 radical (unpaired) electrons. The largest absolute Gasteiger partial charge is 0.298 e. The minimum atomic E-state index is -1.66. The van der Waals surface area contributed by atoms with Crippen LogP contribution in [-0.4, -0.2) is 28.7 Å².